The molecule has 1 aliphatic heterocycles. The Bertz CT molecular complexity index is 693. The van der Waals surface area contributed by atoms with Crippen LogP contribution >= 0.6 is 0 Å². The number of carbonyl (C=O) groups is 1. The molecule has 1 aromatic heterocycles. The molecule has 1 fully saturated rings. The van der Waals surface area contributed by atoms with Crippen LogP contribution in [-0.2, 0) is 18.3 Å². The molecule has 0 N–H and O–H groups in total. The highest BCUT2D eigenvalue weighted by Gasteiger charge is 2.26. The highest BCUT2D eigenvalue weighted by Crippen LogP contribution is 2.31. The van der Waals surface area contributed by atoms with Gasteiger partial charge < -0.3 is 9.64 Å². The summed E-state index contributed by atoms with van der Waals surface area (Å²) in [7, 11) is 3.58. The minimum atomic E-state index is 0.176. The summed E-state index contributed by atoms with van der Waals surface area (Å²) in [6.07, 6.45) is 9.60. The maximum Gasteiger partial charge on any atom is 0.223 e. The number of amides is 1. The highest BCUT2D eigenvalue weighted by atomic mass is 16.5. The average Bonchev–Trinajstić information content (AvgIpc) is 2.90. The maximum atomic E-state index is 12.9. The lowest BCUT2D eigenvalue weighted by Crippen LogP contribution is -2.35. The molecule has 0 bridgehead atoms. The van der Waals surface area contributed by atoms with Gasteiger partial charge in [0, 0.05) is 26.2 Å². The third kappa shape index (κ3) is 4.41. The normalized spacial score (nSPS) is 18.0. The van der Waals surface area contributed by atoms with Crippen molar-refractivity contribution in [3.63, 3.8) is 0 Å². The van der Waals surface area contributed by atoms with Crippen molar-refractivity contribution in [1.82, 2.24) is 14.7 Å². The average molecular weight is 341 g/mol. The van der Waals surface area contributed by atoms with Gasteiger partial charge in [-0.1, -0.05) is 25.0 Å². The van der Waals surface area contributed by atoms with Gasteiger partial charge in [0.25, 0.3) is 0 Å². The molecule has 0 saturated carbocycles. The molecule has 5 nitrogen and oxygen atoms in total. The highest BCUT2D eigenvalue weighted by molar-refractivity contribution is 5.77. The van der Waals surface area contributed by atoms with E-state index in [4.69, 9.17) is 4.74 Å². The number of nitrogens with zero attached hydrogens (tertiary/aromatic N) is 3. The van der Waals surface area contributed by atoms with E-state index in [1.165, 1.54) is 18.4 Å². The molecule has 1 aromatic carbocycles. The Balaban J connectivity index is 1.71. The van der Waals surface area contributed by atoms with Gasteiger partial charge in [0.2, 0.25) is 5.91 Å². The van der Waals surface area contributed by atoms with Gasteiger partial charge >= 0.3 is 0 Å². The summed E-state index contributed by atoms with van der Waals surface area (Å²) >= 11 is 0. The van der Waals surface area contributed by atoms with Crippen LogP contribution in [0.1, 0.15) is 49.3 Å². The fourth-order valence-corrected chi connectivity index (χ4v) is 3.58. The Kier molecular flexibility index (Phi) is 5.74. The Hall–Kier alpha value is -2.30. The first-order valence-electron chi connectivity index (χ1n) is 9.08. The Labute approximate surface area is 149 Å². The molecule has 0 spiro atoms. The predicted octanol–water partition coefficient (Wildman–Crippen LogP) is 3.51. The molecule has 1 saturated heterocycles. The van der Waals surface area contributed by atoms with Crippen molar-refractivity contribution < 1.29 is 9.53 Å². The SMILES string of the molecule is COc1ccc([C@H]2CCCCCN2C(=O)CCc2cnn(C)c2)cc1. The first-order chi connectivity index (χ1) is 12.2. The van der Waals surface area contributed by atoms with Crippen molar-refractivity contribution in [2.24, 2.45) is 7.05 Å². The van der Waals surface area contributed by atoms with Gasteiger partial charge in [-0.15, -0.1) is 0 Å². The van der Waals surface area contributed by atoms with E-state index in [1.807, 2.05) is 31.6 Å². The second-order valence-corrected chi connectivity index (χ2v) is 6.75. The largest absolute Gasteiger partial charge is 0.497 e. The lowest BCUT2D eigenvalue weighted by Gasteiger charge is -2.30. The number of aryl methyl sites for hydroxylation is 2. The van der Waals surface area contributed by atoms with Gasteiger partial charge in [-0.2, -0.15) is 5.10 Å². The molecule has 2 heterocycles. The molecule has 25 heavy (non-hydrogen) atoms. The van der Waals surface area contributed by atoms with Gasteiger partial charge in [-0.3, -0.25) is 9.48 Å². The van der Waals surface area contributed by atoms with E-state index < -0.39 is 0 Å². The zero-order chi connectivity index (χ0) is 17.6. The number of aromatic nitrogens is 2. The van der Waals surface area contributed by atoms with Crippen LogP contribution in [0.4, 0.5) is 0 Å². The van der Waals surface area contributed by atoms with Gasteiger partial charge in [0.1, 0.15) is 5.75 Å². The van der Waals surface area contributed by atoms with Crippen molar-refractivity contribution >= 4 is 5.91 Å². The monoisotopic (exact) mass is 341 g/mol. The van der Waals surface area contributed by atoms with Crippen LogP contribution in [0.15, 0.2) is 36.7 Å². The summed E-state index contributed by atoms with van der Waals surface area (Å²) in [5.41, 5.74) is 2.32. The number of methoxy groups -OCH3 is 1. The number of carbonyl (C=O) groups excluding carboxylic acids is 1. The summed E-state index contributed by atoms with van der Waals surface area (Å²) in [6, 6.07) is 8.33. The Morgan fingerprint density at radius 1 is 1.24 bits per heavy atom. The third-order valence-corrected chi connectivity index (χ3v) is 4.96. The van der Waals surface area contributed by atoms with Gasteiger partial charge in [-0.05, 0) is 42.5 Å². The summed E-state index contributed by atoms with van der Waals surface area (Å²) in [6.45, 7) is 0.850. The van der Waals surface area contributed by atoms with E-state index in [0.717, 1.165) is 37.1 Å². The quantitative estimate of drug-likeness (QED) is 0.836. The number of hydrogen-bond donors (Lipinski definition) is 0. The molecular formula is C20H27N3O2. The van der Waals surface area contributed by atoms with Crippen LogP contribution in [0.5, 0.6) is 5.75 Å². The van der Waals surface area contributed by atoms with E-state index in [1.54, 1.807) is 11.8 Å². The van der Waals surface area contributed by atoms with E-state index in [0.29, 0.717) is 6.42 Å². The topological polar surface area (TPSA) is 47.4 Å². The molecule has 0 aliphatic carbocycles. The fraction of sp³-hybridized carbons (Fsp3) is 0.500. The van der Waals surface area contributed by atoms with E-state index in [-0.39, 0.29) is 11.9 Å². The van der Waals surface area contributed by atoms with E-state index in [9.17, 15) is 4.79 Å². The predicted molar refractivity (Wildman–Crippen MR) is 97.4 cm³/mol. The van der Waals surface area contributed by atoms with E-state index >= 15 is 0 Å². The number of benzene rings is 1. The molecule has 1 atom stereocenters. The minimum absolute atomic E-state index is 0.176. The van der Waals surface area contributed by atoms with Crippen LogP contribution in [-0.4, -0.2) is 34.2 Å². The number of likely N-dealkylation sites (tertiary alicyclic amines) is 1. The number of rotatable bonds is 5. The standard InChI is InChI=1S/C20H27N3O2/c1-22-15-16(14-21-22)7-12-20(24)23-13-5-3-4-6-19(23)17-8-10-18(25-2)11-9-17/h8-11,14-15,19H,3-7,12-13H2,1-2H3/t19-/m1/s1. The third-order valence-electron chi connectivity index (χ3n) is 4.96. The first-order valence-corrected chi connectivity index (χ1v) is 9.08. The fourth-order valence-electron chi connectivity index (χ4n) is 3.58. The van der Waals surface area contributed by atoms with Crippen molar-refractivity contribution in [2.45, 2.75) is 44.6 Å². The van der Waals surface area contributed by atoms with Crippen molar-refractivity contribution in [2.75, 3.05) is 13.7 Å². The summed E-state index contributed by atoms with van der Waals surface area (Å²) < 4.78 is 7.04. The molecule has 1 aliphatic rings. The van der Waals surface area contributed by atoms with Crippen LogP contribution in [0.3, 0.4) is 0 Å². The molecule has 134 valence electrons. The molecule has 1 amide bonds. The Morgan fingerprint density at radius 3 is 2.72 bits per heavy atom. The van der Waals surface area contributed by atoms with Gasteiger partial charge in [0.05, 0.1) is 19.3 Å². The maximum absolute atomic E-state index is 12.9. The lowest BCUT2D eigenvalue weighted by molar-refractivity contribution is -0.133. The van der Waals surface area contributed by atoms with Crippen molar-refractivity contribution in [3.05, 3.63) is 47.8 Å². The van der Waals surface area contributed by atoms with E-state index in [2.05, 4.69) is 22.1 Å². The van der Waals surface area contributed by atoms with Crippen LogP contribution < -0.4 is 4.74 Å². The summed E-state index contributed by atoms with van der Waals surface area (Å²) in [4.78, 5) is 15.0. The summed E-state index contributed by atoms with van der Waals surface area (Å²) in [5.74, 6) is 1.10. The van der Waals surface area contributed by atoms with Gasteiger partial charge in [0.15, 0.2) is 0 Å². The molecule has 0 unspecified atom stereocenters. The van der Waals surface area contributed by atoms with Crippen molar-refractivity contribution in [3.8, 4) is 5.75 Å². The lowest BCUT2D eigenvalue weighted by atomic mass is 10.00. The molecule has 5 heteroatoms. The summed E-state index contributed by atoms with van der Waals surface area (Å²) in [5, 5.41) is 4.18. The molecule has 2 aromatic rings. The Morgan fingerprint density at radius 2 is 2.04 bits per heavy atom. The van der Waals surface area contributed by atoms with Crippen LogP contribution in [0.25, 0.3) is 0 Å². The zero-order valence-electron chi connectivity index (χ0n) is 15.1. The number of hydrogen-bond acceptors (Lipinski definition) is 3. The molecular weight excluding hydrogens is 314 g/mol. The first kappa shape index (κ1) is 17.5. The smallest absolute Gasteiger partial charge is 0.223 e. The molecule has 3 rings (SSSR count). The number of ether oxygens (including phenoxy) is 1. The zero-order valence-corrected chi connectivity index (χ0v) is 15.1. The van der Waals surface area contributed by atoms with Crippen LogP contribution in [0, 0.1) is 0 Å². The minimum Gasteiger partial charge on any atom is -0.497 e. The molecule has 0 radical (unpaired) electrons. The van der Waals surface area contributed by atoms with Gasteiger partial charge in [-0.25, -0.2) is 0 Å². The van der Waals surface area contributed by atoms with Crippen LogP contribution in [0.2, 0.25) is 0 Å². The van der Waals surface area contributed by atoms with Crippen molar-refractivity contribution in [1.29, 1.82) is 0 Å². The second kappa shape index (κ2) is 8.19. The second-order valence-electron chi connectivity index (χ2n) is 6.75.